The molecular weight excluding hydrogens is 333 g/mol. The number of hydrogen-bond donors (Lipinski definition) is 1. The maximum atomic E-state index is 13.6. The molecule has 20 heavy (non-hydrogen) atoms. The summed E-state index contributed by atoms with van der Waals surface area (Å²) in [5.74, 6) is -0.511. The molecule has 1 fully saturated rings. The average molecular weight is 348 g/mol. The minimum atomic E-state index is -0.511. The lowest BCUT2D eigenvalue weighted by Gasteiger charge is -2.35. The normalized spacial score (nSPS) is 16.4. The van der Waals surface area contributed by atoms with Gasteiger partial charge in [-0.15, -0.1) is 0 Å². The predicted octanol–water partition coefficient (Wildman–Crippen LogP) is 1.61. The summed E-state index contributed by atoms with van der Waals surface area (Å²) < 4.78 is 13.7. The van der Waals surface area contributed by atoms with E-state index in [1.807, 2.05) is 4.90 Å². The molecule has 0 amide bonds. The highest BCUT2D eigenvalue weighted by Crippen LogP contribution is 2.33. The fourth-order valence-corrected chi connectivity index (χ4v) is 2.61. The van der Waals surface area contributed by atoms with Crippen LogP contribution < -0.4 is 4.90 Å². The van der Waals surface area contributed by atoms with E-state index in [4.69, 9.17) is 5.11 Å². The van der Waals surface area contributed by atoms with E-state index < -0.39 is 10.7 Å². The van der Waals surface area contributed by atoms with Crippen LogP contribution in [-0.4, -0.2) is 54.3 Å². The summed E-state index contributed by atoms with van der Waals surface area (Å²) in [4.78, 5) is 14.5. The second-order valence-electron chi connectivity index (χ2n) is 4.56. The summed E-state index contributed by atoms with van der Waals surface area (Å²) in [6, 6.07) is 2.40. The van der Waals surface area contributed by atoms with E-state index >= 15 is 0 Å². The number of rotatable bonds is 4. The molecule has 2 rings (SSSR count). The molecule has 1 N–H and O–H groups in total. The van der Waals surface area contributed by atoms with Gasteiger partial charge in [0.2, 0.25) is 0 Å². The van der Waals surface area contributed by atoms with E-state index in [9.17, 15) is 14.5 Å². The van der Waals surface area contributed by atoms with Gasteiger partial charge in [-0.2, -0.15) is 0 Å². The summed E-state index contributed by atoms with van der Waals surface area (Å²) >= 11 is 2.97. The molecule has 1 aromatic rings. The van der Waals surface area contributed by atoms with Crippen LogP contribution in [0.5, 0.6) is 0 Å². The van der Waals surface area contributed by atoms with E-state index in [2.05, 4.69) is 20.8 Å². The quantitative estimate of drug-likeness (QED) is 0.661. The molecule has 8 heteroatoms. The fraction of sp³-hybridized carbons (Fsp3) is 0.500. The van der Waals surface area contributed by atoms with Gasteiger partial charge in [-0.05, 0) is 15.9 Å². The molecule has 1 saturated heterocycles. The van der Waals surface area contributed by atoms with Gasteiger partial charge in [-0.3, -0.25) is 15.0 Å². The van der Waals surface area contributed by atoms with Crippen molar-refractivity contribution in [3.63, 3.8) is 0 Å². The first-order valence-electron chi connectivity index (χ1n) is 6.24. The zero-order valence-corrected chi connectivity index (χ0v) is 12.3. The molecule has 1 aromatic carbocycles. The predicted molar refractivity (Wildman–Crippen MR) is 76.5 cm³/mol. The molecule has 110 valence electrons. The van der Waals surface area contributed by atoms with Crippen molar-refractivity contribution in [3.8, 4) is 0 Å². The van der Waals surface area contributed by atoms with Crippen molar-refractivity contribution in [2.24, 2.45) is 0 Å². The van der Waals surface area contributed by atoms with Gasteiger partial charge in [0.25, 0.3) is 5.69 Å². The first-order chi connectivity index (χ1) is 9.52. The van der Waals surface area contributed by atoms with Gasteiger partial charge in [-0.1, -0.05) is 0 Å². The number of nitro benzene ring substituents is 1. The van der Waals surface area contributed by atoms with Crippen LogP contribution in [-0.2, 0) is 0 Å². The molecule has 0 radical (unpaired) electrons. The molecule has 0 aliphatic carbocycles. The lowest BCUT2D eigenvalue weighted by molar-refractivity contribution is -0.384. The third-order valence-electron chi connectivity index (χ3n) is 3.34. The molecular formula is C12H15BrFN3O3. The van der Waals surface area contributed by atoms with Crippen molar-refractivity contribution >= 4 is 27.3 Å². The molecule has 0 bridgehead atoms. The number of anilines is 1. The van der Waals surface area contributed by atoms with Gasteiger partial charge in [-0.25, -0.2) is 4.39 Å². The van der Waals surface area contributed by atoms with Crippen LogP contribution in [0.4, 0.5) is 15.8 Å². The lowest BCUT2D eigenvalue weighted by atomic mass is 10.2. The Hall–Kier alpha value is -1.25. The van der Waals surface area contributed by atoms with Crippen molar-refractivity contribution in [1.82, 2.24) is 4.90 Å². The molecule has 1 aliphatic heterocycles. The molecule has 0 spiro atoms. The Labute approximate surface area is 124 Å². The van der Waals surface area contributed by atoms with Gasteiger partial charge in [0.05, 0.1) is 16.0 Å². The summed E-state index contributed by atoms with van der Waals surface area (Å²) in [7, 11) is 0. The molecule has 1 heterocycles. The van der Waals surface area contributed by atoms with Crippen LogP contribution in [0.2, 0.25) is 0 Å². The second kappa shape index (κ2) is 6.47. The topological polar surface area (TPSA) is 69.9 Å². The first kappa shape index (κ1) is 15.1. The summed E-state index contributed by atoms with van der Waals surface area (Å²) in [5.41, 5.74) is 0.202. The number of nitro groups is 1. The summed E-state index contributed by atoms with van der Waals surface area (Å²) in [6.07, 6.45) is 0. The van der Waals surface area contributed by atoms with Gasteiger partial charge in [0.1, 0.15) is 11.5 Å². The minimum Gasteiger partial charge on any atom is -0.395 e. The highest BCUT2D eigenvalue weighted by atomic mass is 79.9. The SMILES string of the molecule is O=[N+]([O-])c1cc(Br)c(F)cc1N1CCN(CCO)CC1. The van der Waals surface area contributed by atoms with Crippen molar-refractivity contribution in [1.29, 1.82) is 0 Å². The first-order valence-corrected chi connectivity index (χ1v) is 7.04. The fourth-order valence-electron chi connectivity index (χ4n) is 2.28. The number of aliphatic hydroxyl groups is 1. The van der Waals surface area contributed by atoms with Gasteiger partial charge in [0.15, 0.2) is 0 Å². The maximum Gasteiger partial charge on any atom is 0.293 e. The standard InChI is InChI=1S/C12H15BrFN3O3/c13-9-7-12(17(19)20)11(8-10(9)14)16-3-1-15(2-4-16)5-6-18/h7-8,18H,1-6H2. The maximum absolute atomic E-state index is 13.6. The number of halogens is 2. The average Bonchev–Trinajstić information content (AvgIpc) is 2.42. The molecule has 6 nitrogen and oxygen atoms in total. The van der Waals surface area contributed by atoms with Gasteiger partial charge in [0, 0.05) is 44.9 Å². The van der Waals surface area contributed by atoms with E-state index in [1.165, 1.54) is 12.1 Å². The van der Waals surface area contributed by atoms with Crippen LogP contribution in [0.3, 0.4) is 0 Å². The van der Waals surface area contributed by atoms with Crippen molar-refractivity contribution in [3.05, 3.63) is 32.5 Å². The third kappa shape index (κ3) is 3.25. The zero-order chi connectivity index (χ0) is 14.7. The van der Waals surface area contributed by atoms with Gasteiger partial charge >= 0.3 is 0 Å². The van der Waals surface area contributed by atoms with Crippen molar-refractivity contribution < 1.29 is 14.4 Å². The molecule has 0 aromatic heterocycles. The van der Waals surface area contributed by atoms with E-state index in [0.717, 1.165) is 0 Å². The van der Waals surface area contributed by atoms with E-state index in [0.29, 0.717) is 38.4 Å². The number of nitrogens with zero attached hydrogens (tertiary/aromatic N) is 3. The van der Waals surface area contributed by atoms with Gasteiger partial charge < -0.3 is 10.0 Å². The Morgan fingerprint density at radius 1 is 1.35 bits per heavy atom. The van der Waals surface area contributed by atoms with E-state index in [1.54, 1.807) is 0 Å². The number of aliphatic hydroxyl groups excluding tert-OH is 1. The van der Waals surface area contributed by atoms with Crippen LogP contribution in [0.1, 0.15) is 0 Å². The van der Waals surface area contributed by atoms with Crippen LogP contribution in [0, 0.1) is 15.9 Å². The summed E-state index contributed by atoms with van der Waals surface area (Å²) in [6.45, 7) is 3.20. The number of hydrogen-bond acceptors (Lipinski definition) is 5. The minimum absolute atomic E-state index is 0.0897. The third-order valence-corrected chi connectivity index (χ3v) is 3.95. The number of piperazine rings is 1. The van der Waals surface area contributed by atoms with Crippen LogP contribution in [0.25, 0.3) is 0 Å². The Kier molecular flexibility index (Phi) is 4.90. The second-order valence-corrected chi connectivity index (χ2v) is 5.42. The number of β-amino-alcohol motifs (C(OH)–C–C–N with tert-alkyl or cyclic N) is 1. The summed E-state index contributed by atoms with van der Waals surface area (Å²) in [5, 5.41) is 20.0. The Morgan fingerprint density at radius 2 is 2.00 bits per heavy atom. The molecule has 0 unspecified atom stereocenters. The highest BCUT2D eigenvalue weighted by molar-refractivity contribution is 9.10. The molecule has 1 aliphatic rings. The van der Waals surface area contributed by atoms with Crippen LogP contribution >= 0.6 is 15.9 Å². The zero-order valence-electron chi connectivity index (χ0n) is 10.8. The Balaban J connectivity index is 2.21. The van der Waals surface area contributed by atoms with Crippen molar-refractivity contribution in [2.75, 3.05) is 44.2 Å². The molecule has 0 saturated carbocycles. The number of benzene rings is 1. The Bertz CT molecular complexity index is 507. The highest BCUT2D eigenvalue weighted by Gasteiger charge is 2.25. The largest absolute Gasteiger partial charge is 0.395 e. The molecule has 0 atom stereocenters. The van der Waals surface area contributed by atoms with E-state index in [-0.39, 0.29) is 16.8 Å². The lowest BCUT2D eigenvalue weighted by Crippen LogP contribution is -2.47. The van der Waals surface area contributed by atoms with Crippen LogP contribution in [0.15, 0.2) is 16.6 Å². The van der Waals surface area contributed by atoms with Crippen molar-refractivity contribution in [2.45, 2.75) is 0 Å². The smallest absolute Gasteiger partial charge is 0.293 e. The Morgan fingerprint density at radius 3 is 2.55 bits per heavy atom. The monoisotopic (exact) mass is 347 g/mol.